The van der Waals surface area contributed by atoms with Crippen LogP contribution in [0.15, 0.2) is 48.6 Å². The van der Waals surface area contributed by atoms with E-state index >= 15 is 0 Å². The summed E-state index contributed by atoms with van der Waals surface area (Å²) in [6.45, 7) is 8.97. The first-order valence-electron chi connectivity index (χ1n) is 15.8. The molecule has 2 heterocycles. The standard InChI is InChI=1S/C35H45ClN2O3S/c1-22(2)16-33-23(3)6-4-8-31(39)28-12-9-26(28)19-38-20-35(15-5-7-24-17-27(36)11-13-29(24)35)21-41-32-14-10-25(18-30(32)38)34(40)37-42-33/h4,8,10-11,13-14,17-18,22-23,26,28,31,33,39H,5-7,9,12,15-16,19-21H2,1-3H3,(H,37,40)/b8-4-/t23-,26+,28-,31+,33+,35+/m1/s1. The lowest BCUT2D eigenvalue weighted by Gasteiger charge is -2.45. The number of carbonyl (C=O) groups is 1. The van der Waals surface area contributed by atoms with Crippen LogP contribution in [-0.2, 0) is 11.8 Å². The van der Waals surface area contributed by atoms with Crippen LogP contribution in [0.3, 0.4) is 0 Å². The third-order valence-electron chi connectivity index (χ3n) is 10.2. The lowest BCUT2D eigenvalue weighted by atomic mass is 9.68. The Morgan fingerprint density at radius 2 is 2.07 bits per heavy atom. The van der Waals surface area contributed by atoms with Crippen LogP contribution >= 0.6 is 23.5 Å². The van der Waals surface area contributed by atoms with Gasteiger partial charge in [0.05, 0.1) is 18.4 Å². The summed E-state index contributed by atoms with van der Waals surface area (Å²) in [7, 11) is 0. The average Bonchev–Trinajstić information content (AvgIpc) is 3.09. The maximum absolute atomic E-state index is 13.5. The van der Waals surface area contributed by atoms with Crippen LogP contribution in [0.5, 0.6) is 5.75 Å². The van der Waals surface area contributed by atoms with E-state index in [0.717, 1.165) is 74.5 Å². The molecule has 0 unspecified atom stereocenters. The SMILES string of the molecule is CC(C)C[C@@H]1SNC(=O)c2ccc3c(c2)N(C[C@@H]2CC[C@H]2[C@@H](O)/C=C\C[C@H]1C)C[C@@]1(CCCc2cc(Cl)ccc21)CO3. The van der Waals surface area contributed by atoms with Gasteiger partial charge in [0.15, 0.2) is 0 Å². The van der Waals surface area contributed by atoms with Gasteiger partial charge in [-0.15, -0.1) is 0 Å². The normalized spacial score (nSPS) is 32.2. The Kier molecular flexibility index (Phi) is 8.87. The van der Waals surface area contributed by atoms with Gasteiger partial charge in [-0.3, -0.25) is 9.52 Å². The number of carbonyl (C=O) groups excluding carboxylic acids is 1. The Morgan fingerprint density at radius 3 is 2.86 bits per heavy atom. The third-order valence-corrected chi connectivity index (χ3v) is 11.6. The van der Waals surface area contributed by atoms with Crippen molar-refractivity contribution in [1.82, 2.24) is 4.72 Å². The number of nitrogens with zero attached hydrogens (tertiary/aromatic N) is 1. The zero-order valence-corrected chi connectivity index (χ0v) is 26.7. The molecule has 0 aromatic heterocycles. The number of halogens is 1. The summed E-state index contributed by atoms with van der Waals surface area (Å²) >= 11 is 7.98. The van der Waals surface area contributed by atoms with Gasteiger partial charge in [0, 0.05) is 34.3 Å². The molecule has 4 aliphatic rings. The summed E-state index contributed by atoms with van der Waals surface area (Å²) in [5.74, 6) is 2.32. The van der Waals surface area contributed by atoms with Gasteiger partial charge in [0.2, 0.25) is 0 Å². The lowest BCUT2D eigenvalue weighted by molar-refractivity contribution is 0.0455. The molecule has 1 fully saturated rings. The molecular formula is C35H45ClN2O3S. The number of hydrogen-bond donors (Lipinski definition) is 2. The fourth-order valence-corrected chi connectivity index (χ4v) is 8.98. The number of amides is 1. The van der Waals surface area contributed by atoms with Crippen LogP contribution in [0.2, 0.25) is 5.02 Å². The van der Waals surface area contributed by atoms with E-state index in [2.05, 4.69) is 48.6 Å². The first-order chi connectivity index (χ1) is 20.2. The second kappa shape index (κ2) is 12.5. The molecule has 1 spiro atoms. The Labute approximate surface area is 260 Å². The molecule has 0 radical (unpaired) electrons. The number of allylic oxidation sites excluding steroid dienone is 1. The largest absolute Gasteiger partial charge is 0.490 e. The van der Waals surface area contributed by atoms with Crippen molar-refractivity contribution in [3.63, 3.8) is 0 Å². The first-order valence-corrected chi connectivity index (χ1v) is 17.1. The van der Waals surface area contributed by atoms with E-state index in [-0.39, 0.29) is 17.2 Å². The van der Waals surface area contributed by atoms with Crippen LogP contribution in [0.25, 0.3) is 0 Å². The molecule has 2 aliphatic carbocycles. The molecule has 2 bridgehead atoms. The summed E-state index contributed by atoms with van der Waals surface area (Å²) < 4.78 is 9.82. The molecule has 42 heavy (non-hydrogen) atoms. The van der Waals surface area contributed by atoms with Gasteiger partial charge < -0.3 is 14.7 Å². The van der Waals surface area contributed by atoms with Crippen LogP contribution in [0, 0.1) is 23.7 Å². The molecule has 1 saturated carbocycles. The fraction of sp³-hybridized carbons (Fsp3) is 0.571. The molecule has 2 aromatic rings. The summed E-state index contributed by atoms with van der Waals surface area (Å²) in [6.07, 6.45) is 11.0. The second-order valence-corrected chi connectivity index (χ2v) is 15.1. The quantitative estimate of drug-likeness (QED) is 0.272. The summed E-state index contributed by atoms with van der Waals surface area (Å²) in [5.41, 5.74) is 4.15. The van der Waals surface area contributed by atoms with Crippen molar-refractivity contribution in [2.24, 2.45) is 23.7 Å². The van der Waals surface area contributed by atoms with E-state index in [1.54, 1.807) is 11.9 Å². The topological polar surface area (TPSA) is 61.8 Å². The van der Waals surface area contributed by atoms with Crippen LogP contribution in [0.4, 0.5) is 5.69 Å². The Bertz CT molecular complexity index is 1330. The number of aliphatic hydroxyl groups excluding tert-OH is 1. The van der Waals surface area contributed by atoms with Gasteiger partial charge >= 0.3 is 0 Å². The molecule has 226 valence electrons. The van der Waals surface area contributed by atoms with Gasteiger partial charge in [-0.1, -0.05) is 50.6 Å². The molecule has 0 saturated heterocycles. The van der Waals surface area contributed by atoms with Gasteiger partial charge in [-0.25, -0.2) is 0 Å². The highest BCUT2D eigenvalue weighted by Crippen LogP contribution is 2.47. The van der Waals surface area contributed by atoms with Crippen LogP contribution < -0.4 is 14.4 Å². The number of rotatable bonds is 2. The molecule has 7 heteroatoms. The van der Waals surface area contributed by atoms with Gasteiger partial charge in [0.1, 0.15) is 5.75 Å². The van der Waals surface area contributed by atoms with E-state index in [1.807, 2.05) is 30.3 Å². The molecule has 2 aliphatic heterocycles. The lowest BCUT2D eigenvalue weighted by Crippen LogP contribution is -2.49. The number of anilines is 1. The molecule has 6 atom stereocenters. The van der Waals surface area contributed by atoms with Crippen molar-refractivity contribution in [3.8, 4) is 5.75 Å². The number of aryl methyl sites for hydroxylation is 1. The number of aliphatic hydroxyl groups is 1. The fourth-order valence-electron chi connectivity index (χ4n) is 7.59. The highest BCUT2D eigenvalue weighted by molar-refractivity contribution is 7.98. The Balaban J connectivity index is 1.37. The van der Waals surface area contributed by atoms with Gasteiger partial charge in [-0.05, 0) is 122 Å². The van der Waals surface area contributed by atoms with Crippen molar-refractivity contribution < 1.29 is 14.6 Å². The predicted octanol–water partition coefficient (Wildman–Crippen LogP) is 7.59. The highest BCUT2D eigenvalue weighted by Gasteiger charge is 2.44. The molecule has 2 N–H and O–H groups in total. The zero-order chi connectivity index (χ0) is 29.4. The Hall–Kier alpha value is -2.15. The highest BCUT2D eigenvalue weighted by atomic mass is 35.5. The Morgan fingerprint density at radius 1 is 1.21 bits per heavy atom. The second-order valence-electron chi connectivity index (χ2n) is 13.6. The minimum absolute atomic E-state index is 0.0556. The average molecular weight is 609 g/mol. The number of fused-ring (bicyclic) bond motifs is 4. The molecule has 6 rings (SSSR count). The molecule has 1 amide bonds. The molecule has 5 nitrogen and oxygen atoms in total. The monoisotopic (exact) mass is 608 g/mol. The van der Waals surface area contributed by atoms with Crippen molar-refractivity contribution in [2.45, 2.75) is 82.5 Å². The smallest absolute Gasteiger partial charge is 0.261 e. The van der Waals surface area contributed by atoms with E-state index in [0.29, 0.717) is 35.2 Å². The zero-order valence-electron chi connectivity index (χ0n) is 25.2. The van der Waals surface area contributed by atoms with E-state index < -0.39 is 6.10 Å². The number of nitrogens with one attached hydrogen (secondary N) is 1. The predicted molar refractivity (Wildman–Crippen MR) is 174 cm³/mol. The maximum Gasteiger partial charge on any atom is 0.261 e. The minimum atomic E-state index is -0.430. The van der Waals surface area contributed by atoms with Crippen molar-refractivity contribution >= 4 is 35.1 Å². The minimum Gasteiger partial charge on any atom is -0.490 e. The summed E-state index contributed by atoms with van der Waals surface area (Å²) in [4.78, 5) is 16.0. The van der Waals surface area contributed by atoms with Crippen molar-refractivity contribution in [3.05, 3.63) is 70.3 Å². The third kappa shape index (κ3) is 6.09. The van der Waals surface area contributed by atoms with E-state index in [4.69, 9.17) is 16.3 Å². The van der Waals surface area contributed by atoms with Crippen molar-refractivity contribution in [2.75, 3.05) is 24.6 Å². The van der Waals surface area contributed by atoms with Crippen molar-refractivity contribution in [1.29, 1.82) is 0 Å². The summed E-state index contributed by atoms with van der Waals surface area (Å²) in [5, 5.41) is 12.3. The molecular weight excluding hydrogens is 564 g/mol. The number of benzene rings is 2. The number of hydrogen-bond acceptors (Lipinski definition) is 5. The van der Waals surface area contributed by atoms with Crippen LogP contribution in [0.1, 0.15) is 80.8 Å². The maximum atomic E-state index is 13.5. The van der Waals surface area contributed by atoms with E-state index in [9.17, 15) is 9.90 Å². The van der Waals surface area contributed by atoms with Gasteiger partial charge in [0.25, 0.3) is 5.91 Å². The van der Waals surface area contributed by atoms with Crippen LogP contribution in [-0.4, -0.2) is 42.1 Å². The van der Waals surface area contributed by atoms with Gasteiger partial charge in [-0.2, -0.15) is 0 Å². The summed E-state index contributed by atoms with van der Waals surface area (Å²) in [6, 6.07) is 12.3. The van der Waals surface area contributed by atoms with E-state index in [1.165, 1.54) is 11.1 Å². The first kappa shape index (κ1) is 29.9. The number of ether oxygens (including phenoxy) is 1. The molecule has 2 aromatic carbocycles.